The van der Waals surface area contributed by atoms with Gasteiger partial charge in [-0.3, -0.25) is 0 Å². The van der Waals surface area contributed by atoms with E-state index in [-0.39, 0.29) is 11.4 Å². The predicted molar refractivity (Wildman–Crippen MR) is 79.2 cm³/mol. The van der Waals surface area contributed by atoms with Crippen LogP contribution in [-0.4, -0.2) is 33.1 Å². The summed E-state index contributed by atoms with van der Waals surface area (Å²) in [5.41, 5.74) is 0.497. The Labute approximate surface area is 125 Å². The fourth-order valence-corrected chi connectivity index (χ4v) is 3.77. The van der Waals surface area contributed by atoms with Crippen LogP contribution in [-0.2, 0) is 9.84 Å². The molecule has 5 nitrogen and oxygen atoms in total. The van der Waals surface area contributed by atoms with E-state index in [1.54, 1.807) is 18.2 Å². The lowest BCUT2D eigenvalue weighted by atomic mass is 9.97. The van der Waals surface area contributed by atoms with E-state index in [0.29, 0.717) is 29.9 Å². The summed E-state index contributed by atoms with van der Waals surface area (Å²) in [7, 11) is -1.51. The maximum absolute atomic E-state index is 11.7. The highest BCUT2D eigenvalue weighted by atomic mass is 32.2. The van der Waals surface area contributed by atoms with Crippen molar-refractivity contribution in [3.05, 3.63) is 23.8 Å². The molecule has 1 aromatic carbocycles. The molecule has 1 aliphatic carbocycles. The van der Waals surface area contributed by atoms with Crippen molar-refractivity contribution < 1.29 is 17.9 Å². The topological polar surface area (TPSA) is 76.4 Å². The number of methoxy groups -OCH3 is 1. The molecule has 0 aromatic heterocycles. The number of nitrogens with zero attached hydrogens (tertiary/aromatic N) is 1. The molecule has 2 atom stereocenters. The number of sulfone groups is 1. The third kappa shape index (κ3) is 3.88. The van der Waals surface area contributed by atoms with Crippen LogP contribution in [0.5, 0.6) is 11.5 Å². The van der Waals surface area contributed by atoms with Crippen molar-refractivity contribution in [3.8, 4) is 17.6 Å². The first-order valence-electron chi connectivity index (χ1n) is 6.87. The number of hydrogen-bond acceptors (Lipinski definition) is 5. The molecule has 0 aliphatic heterocycles. The molecule has 1 fully saturated rings. The van der Waals surface area contributed by atoms with Gasteiger partial charge in [0.05, 0.1) is 24.0 Å². The summed E-state index contributed by atoms with van der Waals surface area (Å²) >= 11 is 0. The minimum atomic E-state index is -3.03. The van der Waals surface area contributed by atoms with Crippen LogP contribution >= 0.6 is 0 Å². The Bertz CT molecular complexity index is 648. The quantitative estimate of drug-likeness (QED) is 0.853. The summed E-state index contributed by atoms with van der Waals surface area (Å²) < 4.78 is 34.5. The molecule has 0 amide bonds. The van der Waals surface area contributed by atoms with Gasteiger partial charge in [0.2, 0.25) is 0 Å². The lowest BCUT2D eigenvalue weighted by Crippen LogP contribution is -2.33. The van der Waals surface area contributed by atoms with Gasteiger partial charge in [-0.15, -0.1) is 0 Å². The van der Waals surface area contributed by atoms with E-state index >= 15 is 0 Å². The van der Waals surface area contributed by atoms with Gasteiger partial charge in [-0.2, -0.15) is 5.26 Å². The third-order valence-electron chi connectivity index (χ3n) is 3.77. The van der Waals surface area contributed by atoms with Crippen LogP contribution in [0.3, 0.4) is 0 Å². The van der Waals surface area contributed by atoms with Gasteiger partial charge in [-0.1, -0.05) is 0 Å². The standard InChI is InChI=1S/C15H19NO4S/c1-19-15-8-11(10-16)6-7-14(15)20-12-4-3-5-13(9-12)21(2,17)18/h6-8,12-13H,3-5,9H2,1-2H3. The van der Waals surface area contributed by atoms with Crippen molar-refractivity contribution in [2.75, 3.05) is 13.4 Å². The lowest BCUT2D eigenvalue weighted by Gasteiger charge is -2.29. The molecule has 0 N–H and O–H groups in total. The maximum atomic E-state index is 11.7. The van der Waals surface area contributed by atoms with Gasteiger partial charge in [-0.25, -0.2) is 8.42 Å². The maximum Gasteiger partial charge on any atom is 0.162 e. The molecule has 1 saturated carbocycles. The highest BCUT2D eigenvalue weighted by Gasteiger charge is 2.30. The lowest BCUT2D eigenvalue weighted by molar-refractivity contribution is 0.151. The molecular formula is C15H19NO4S. The second-order valence-electron chi connectivity index (χ2n) is 5.34. The number of hydrogen-bond donors (Lipinski definition) is 0. The van der Waals surface area contributed by atoms with E-state index in [2.05, 4.69) is 0 Å². The number of nitriles is 1. The minimum absolute atomic E-state index is 0.139. The van der Waals surface area contributed by atoms with Gasteiger partial charge < -0.3 is 9.47 Å². The van der Waals surface area contributed by atoms with Gasteiger partial charge in [0, 0.05) is 18.7 Å². The number of ether oxygens (including phenoxy) is 2. The minimum Gasteiger partial charge on any atom is -0.493 e. The smallest absolute Gasteiger partial charge is 0.162 e. The van der Waals surface area contributed by atoms with E-state index in [1.807, 2.05) is 6.07 Å². The molecule has 1 aliphatic rings. The van der Waals surface area contributed by atoms with Crippen LogP contribution in [0.2, 0.25) is 0 Å². The molecular weight excluding hydrogens is 290 g/mol. The highest BCUT2D eigenvalue weighted by Crippen LogP contribution is 2.33. The molecule has 1 aromatic rings. The molecule has 0 bridgehead atoms. The summed E-state index contributed by atoms with van der Waals surface area (Å²) in [5, 5.41) is 8.55. The second kappa shape index (κ2) is 6.35. The Morgan fingerprint density at radius 2 is 2.05 bits per heavy atom. The number of benzene rings is 1. The van der Waals surface area contributed by atoms with Crippen molar-refractivity contribution in [1.82, 2.24) is 0 Å². The van der Waals surface area contributed by atoms with Crippen LogP contribution in [0.25, 0.3) is 0 Å². The van der Waals surface area contributed by atoms with Gasteiger partial charge in [0.25, 0.3) is 0 Å². The van der Waals surface area contributed by atoms with Gasteiger partial charge >= 0.3 is 0 Å². The summed E-state index contributed by atoms with van der Waals surface area (Å²) in [6, 6.07) is 7.02. The zero-order valence-corrected chi connectivity index (χ0v) is 13.0. The fourth-order valence-electron chi connectivity index (χ4n) is 2.61. The molecule has 2 unspecified atom stereocenters. The van der Waals surface area contributed by atoms with Crippen molar-refractivity contribution >= 4 is 9.84 Å². The predicted octanol–water partition coefficient (Wildman–Crippen LogP) is 2.30. The summed E-state index contributed by atoms with van der Waals surface area (Å²) in [6.45, 7) is 0. The summed E-state index contributed by atoms with van der Waals surface area (Å²) in [6.07, 6.45) is 4.00. The van der Waals surface area contributed by atoms with Crippen molar-refractivity contribution in [2.45, 2.75) is 37.0 Å². The Morgan fingerprint density at radius 3 is 2.67 bits per heavy atom. The average Bonchev–Trinajstić information content (AvgIpc) is 2.47. The molecule has 2 rings (SSSR count). The van der Waals surface area contributed by atoms with E-state index in [0.717, 1.165) is 12.8 Å². The third-order valence-corrected chi connectivity index (χ3v) is 5.41. The molecule has 0 saturated heterocycles. The van der Waals surface area contributed by atoms with Crippen LogP contribution < -0.4 is 9.47 Å². The first-order valence-corrected chi connectivity index (χ1v) is 8.83. The molecule has 0 spiro atoms. The molecule has 114 valence electrons. The van der Waals surface area contributed by atoms with Gasteiger partial charge in [0.15, 0.2) is 11.5 Å². The zero-order chi connectivity index (χ0) is 15.5. The van der Waals surface area contributed by atoms with E-state index in [4.69, 9.17) is 14.7 Å². The van der Waals surface area contributed by atoms with Crippen LogP contribution in [0.15, 0.2) is 18.2 Å². The normalized spacial score (nSPS) is 22.3. The van der Waals surface area contributed by atoms with Crippen LogP contribution in [0.4, 0.5) is 0 Å². The average molecular weight is 309 g/mol. The molecule has 0 heterocycles. The van der Waals surface area contributed by atoms with Gasteiger partial charge in [0.1, 0.15) is 15.9 Å². The van der Waals surface area contributed by atoms with Crippen molar-refractivity contribution in [3.63, 3.8) is 0 Å². The van der Waals surface area contributed by atoms with E-state index in [1.165, 1.54) is 13.4 Å². The molecule has 0 radical (unpaired) electrons. The van der Waals surface area contributed by atoms with Crippen molar-refractivity contribution in [1.29, 1.82) is 5.26 Å². The van der Waals surface area contributed by atoms with Gasteiger partial charge in [-0.05, 0) is 31.4 Å². The van der Waals surface area contributed by atoms with Crippen LogP contribution in [0.1, 0.15) is 31.2 Å². The largest absolute Gasteiger partial charge is 0.493 e. The second-order valence-corrected chi connectivity index (χ2v) is 7.66. The molecule has 21 heavy (non-hydrogen) atoms. The Balaban J connectivity index is 2.13. The summed E-state index contributed by atoms with van der Waals surface area (Å²) in [5.74, 6) is 1.05. The van der Waals surface area contributed by atoms with E-state index in [9.17, 15) is 8.42 Å². The Kier molecular flexibility index (Phi) is 4.73. The van der Waals surface area contributed by atoms with E-state index < -0.39 is 9.84 Å². The monoisotopic (exact) mass is 309 g/mol. The van der Waals surface area contributed by atoms with Crippen molar-refractivity contribution in [2.24, 2.45) is 0 Å². The first-order chi connectivity index (χ1) is 9.94. The van der Waals surface area contributed by atoms with Crippen LogP contribution in [0, 0.1) is 11.3 Å². The molecule has 6 heteroatoms. The summed E-state index contributed by atoms with van der Waals surface area (Å²) in [4.78, 5) is 0. The number of rotatable bonds is 4. The Hall–Kier alpha value is -1.74. The SMILES string of the molecule is COc1cc(C#N)ccc1OC1CCCC(S(C)(=O)=O)C1. The zero-order valence-electron chi connectivity index (χ0n) is 12.2. The first kappa shape index (κ1) is 15.6. The highest BCUT2D eigenvalue weighted by molar-refractivity contribution is 7.91. The Morgan fingerprint density at radius 1 is 1.29 bits per heavy atom. The fraction of sp³-hybridized carbons (Fsp3) is 0.533.